The second kappa shape index (κ2) is 7.57. The zero-order chi connectivity index (χ0) is 15.2. The van der Waals surface area contributed by atoms with Crippen LogP contribution in [0.2, 0.25) is 0 Å². The van der Waals surface area contributed by atoms with Gasteiger partial charge in [0, 0.05) is 22.6 Å². The van der Waals surface area contributed by atoms with Gasteiger partial charge in [-0.3, -0.25) is 0 Å². The fourth-order valence-electron chi connectivity index (χ4n) is 1.86. The molecule has 0 aliphatic rings. The van der Waals surface area contributed by atoms with E-state index >= 15 is 0 Å². The second-order valence-electron chi connectivity index (χ2n) is 5.18. The second-order valence-corrected chi connectivity index (χ2v) is 6.03. The molecule has 112 valence electrons. The molecule has 0 amide bonds. The first kappa shape index (κ1) is 16.0. The van der Waals surface area contributed by atoms with Crippen LogP contribution in [-0.2, 0) is 13.2 Å². The lowest BCUT2D eigenvalue weighted by Crippen LogP contribution is -2.21. The van der Waals surface area contributed by atoms with Crippen LogP contribution in [-0.4, -0.2) is 6.04 Å². The SMILES string of the molecule is CC(C)NCc1ccc(OCc2ccccc2Br)c(F)c1. The Kier molecular flexibility index (Phi) is 5.76. The van der Waals surface area contributed by atoms with E-state index in [9.17, 15) is 4.39 Å². The highest BCUT2D eigenvalue weighted by Gasteiger charge is 2.07. The molecule has 21 heavy (non-hydrogen) atoms. The van der Waals surface area contributed by atoms with Crippen LogP contribution in [0.1, 0.15) is 25.0 Å². The largest absolute Gasteiger partial charge is 0.486 e. The van der Waals surface area contributed by atoms with E-state index in [1.165, 1.54) is 6.07 Å². The molecular formula is C17H19BrFNO. The predicted octanol–water partition coefficient (Wildman–Crippen LogP) is 4.67. The van der Waals surface area contributed by atoms with Crippen molar-refractivity contribution in [2.75, 3.05) is 0 Å². The van der Waals surface area contributed by atoms with Crippen LogP contribution in [0, 0.1) is 5.82 Å². The first-order chi connectivity index (χ1) is 10.1. The summed E-state index contributed by atoms with van der Waals surface area (Å²) in [5, 5.41) is 3.26. The Morgan fingerprint density at radius 3 is 2.62 bits per heavy atom. The first-order valence-electron chi connectivity index (χ1n) is 6.94. The summed E-state index contributed by atoms with van der Waals surface area (Å²) in [6.07, 6.45) is 0. The molecule has 0 spiro atoms. The molecular weight excluding hydrogens is 333 g/mol. The monoisotopic (exact) mass is 351 g/mol. The molecule has 1 N–H and O–H groups in total. The van der Waals surface area contributed by atoms with Crippen molar-refractivity contribution >= 4 is 15.9 Å². The summed E-state index contributed by atoms with van der Waals surface area (Å²) in [7, 11) is 0. The lowest BCUT2D eigenvalue weighted by molar-refractivity contribution is 0.289. The van der Waals surface area contributed by atoms with Gasteiger partial charge in [-0.15, -0.1) is 0 Å². The lowest BCUT2D eigenvalue weighted by Gasteiger charge is -2.11. The number of hydrogen-bond acceptors (Lipinski definition) is 2. The Morgan fingerprint density at radius 2 is 1.95 bits per heavy atom. The Balaban J connectivity index is 1.99. The van der Waals surface area contributed by atoms with Crippen LogP contribution in [0.3, 0.4) is 0 Å². The third kappa shape index (κ3) is 4.83. The van der Waals surface area contributed by atoms with Crippen molar-refractivity contribution in [1.29, 1.82) is 0 Å². The van der Waals surface area contributed by atoms with Gasteiger partial charge in [0.05, 0.1) is 0 Å². The van der Waals surface area contributed by atoms with Crippen LogP contribution >= 0.6 is 15.9 Å². The van der Waals surface area contributed by atoms with Crippen molar-refractivity contribution in [2.45, 2.75) is 33.0 Å². The van der Waals surface area contributed by atoms with Gasteiger partial charge < -0.3 is 10.1 Å². The van der Waals surface area contributed by atoms with E-state index in [4.69, 9.17) is 4.74 Å². The minimum atomic E-state index is -0.329. The standard InChI is InChI=1S/C17H19BrFNO/c1-12(2)20-10-13-7-8-17(16(19)9-13)21-11-14-5-3-4-6-15(14)18/h3-9,12,20H,10-11H2,1-2H3. The molecule has 0 saturated heterocycles. The van der Waals surface area contributed by atoms with Crippen molar-refractivity contribution in [2.24, 2.45) is 0 Å². The van der Waals surface area contributed by atoms with Gasteiger partial charge in [0.25, 0.3) is 0 Å². The smallest absolute Gasteiger partial charge is 0.165 e. The molecule has 0 saturated carbocycles. The molecule has 0 unspecified atom stereocenters. The summed E-state index contributed by atoms with van der Waals surface area (Å²) < 4.78 is 20.5. The molecule has 2 nitrogen and oxygen atoms in total. The molecule has 4 heteroatoms. The van der Waals surface area contributed by atoms with Crippen LogP contribution in [0.15, 0.2) is 46.9 Å². The molecule has 0 aliphatic heterocycles. The molecule has 0 aromatic heterocycles. The zero-order valence-corrected chi connectivity index (χ0v) is 13.8. The molecule has 2 rings (SSSR count). The number of nitrogens with one attached hydrogen (secondary N) is 1. The van der Waals surface area contributed by atoms with Crippen LogP contribution in [0.4, 0.5) is 4.39 Å². The highest BCUT2D eigenvalue weighted by molar-refractivity contribution is 9.10. The number of rotatable bonds is 6. The quantitative estimate of drug-likeness (QED) is 0.816. The van der Waals surface area contributed by atoms with E-state index in [2.05, 4.69) is 35.1 Å². The van der Waals surface area contributed by atoms with Gasteiger partial charge in [0.1, 0.15) is 6.61 Å². The minimum absolute atomic E-state index is 0.277. The van der Waals surface area contributed by atoms with Crippen LogP contribution < -0.4 is 10.1 Å². The molecule has 2 aromatic carbocycles. The van der Waals surface area contributed by atoms with Gasteiger partial charge in [-0.25, -0.2) is 4.39 Å². The van der Waals surface area contributed by atoms with Gasteiger partial charge in [-0.05, 0) is 23.8 Å². The number of hydrogen-bond donors (Lipinski definition) is 1. The van der Waals surface area contributed by atoms with Crippen molar-refractivity contribution in [1.82, 2.24) is 5.32 Å². The fraction of sp³-hybridized carbons (Fsp3) is 0.294. The van der Waals surface area contributed by atoms with Gasteiger partial charge in [-0.2, -0.15) is 0 Å². The van der Waals surface area contributed by atoms with E-state index in [0.717, 1.165) is 15.6 Å². The molecule has 0 radical (unpaired) electrons. The molecule has 0 atom stereocenters. The summed E-state index contributed by atoms with van der Waals surface area (Å²) in [6, 6.07) is 13.2. The van der Waals surface area contributed by atoms with Crippen molar-refractivity contribution in [3.63, 3.8) is 0 Å². The summed E-state index contributed by atoms with van der Waals surface area (Å²) >= 11 is 3.45. The Hall–Kier alpha value is -1.39. The van der Waals surface area contributed by atoms with Gasteiger partial charge in [0.2, 0.25) is 0 Å². The summed E-state index contributed by atoms with van der Waals surface area (Å²) in [5.74, 6) is -0.0517. The Morgan fingerprint density at radius 1 is 1.19 bits per heavy atom. The highest BCUT2D eigenvalue weighted by atomic mass is 79.9. The molecule has 0 fully saturated rings. The highest BCUT2D eigenvalue weighted by Crippen LogP contribution is 2.22. The van der Waals surface area contributed by atoms with E-state index in [1.54, 1.807) is 6.07 Å². The zero-order valence-electron chi connectivity index (χ0n) is 12.2. The normalized spacial score (nSPS) is 10.9. The first-order valence-corrected chi connectivity index (χ1v) is 7.73. The number of benzene rings is 2. The van der Waals surface area contributed by atoms with Crippen LogP contribution in [0.5, 0.6) is 5.75 Å². The van der Waals surface area contributed by atoms with Gasteiger partial charge in [-0.1, -0.05) is 54.0 Å². The lowest BCUT2D eigenvalue weighted by atomic mass is 10.2. The average Bonchev–Trinajstić information content (AvgIpc) is 2.45. The van der Waals surface area contributed by atoms with E-state index in [0.29, 0.717) is 19.2 Å². The maximum atomic E-state index is 14.0. The van der Waals surface area contributed by atoms with Gasteiger partial charge >= 0.3 is 0 Å². The minimum Gasteiger partial charge on any atom is -0.486 e. The van der Waals surface area contributed by atoms with Crippen molar-refractivity contribution in [3.05, 3.63) is 63.9 Å². The van der Waals surface area contributed by atoms with Crippen molar-refractivity contribution in [3.8, 4) is 5.75 Å². The number of halogens is 2. The van der Waals surface area contributed by atoms with E-state index < -0.39 is 0 Å². The Labute approximate surface area is 133 Å². The Bertz CT molecular complexity index is 601. The summed E-state index contributed by atoms with van der Waals surface area (Å²) in [4.78, 5) is 0. The van der Waals surface area contributed by atoms with E-state index in [-0.39, 0.29) is 11.6 Å². The average molecular weight is 352 g/mol. The molecule has 0 aliphatic carbocycles. The predicted molar refractivity (Wildman–Crippen MR) is 86.8 cm³/mol. The summed E-state index contributed by atoms with van der Waals surface area (Å²) in [5.41, 5.74) is 1.90. The maximum absolute atomic E-state index is 14.0. The third-order valence-corrected chi connectivity index (χ3v) is 3.83. The molecule has 0 heterocycles. The van der Waals surface area contributed by atoms with E-state index in [1.807, 2.05) is 30.3 Å². The molecule has 0 bridgehead atoms. The number of ether oxygens (including phenoxy) is 1. The molecule has 2 aromatic rings. The third-order valence-electron chi connectivity index (χ3n) is 3.05. The maximum Gasteiger partial charge on any atom is 0.165 e. The van der Waals surface area contributed by atoms with Crippen LogP contribution in [0.25, 0.3) is 0 Å². The van der Waals surface area contributed by atoms with Crippen molar-refractivity contribution < 1.29 is 9.13 Å². The van der Waals surface area contributed by atoms with Gasteiger partial charge in [0.15, 0.2) is 11.6 Å². The summed E-state index contributed by atoms with van der Waals surface area (Å²) in [6.45, 7) is 5.11. The topological polar surface area (TPSA) is 21.3 Å². The fourth-order valence-corrected chi connectivity index (χ4v) is 2.26.